The standard InChI is InChI=1S/C19H19N3O6S/c1-10-14(17(23)25-4)22-16(28-10)11-5-6-13(24-3)21-15(11)12-9-29-18(20-12)19(2)26-7-8-27-19/h5-6,9H,7-8H2,1-4H3. The SMILES string of the molecule is COC(=O)c1nc(-c2ccc(OC)nc2-c2csc(C3(C)OCCO3)n2)oc1C. The van der Waals surface area contributed by atoms with Crippen molar-refractivity contribution >= 4 is 17.3 Å². The van der Waals surface area contributed by atoms with Gasteiger partial charge < -0.3 is 23.4 Å². The van der Waals surface area contributed by atoms with Crippen LogP contribution in [0.15, 0.2) is 21.9 Å². The van der Waals surface area contributed by atoms with Gasteiger partial charge in [-0.3, -0.25) is 0 Å². The third-order valence-corrected chi connectivity index (χ3v) is 5.48. The zero-order chi connectivity index (χ0) is 20.6. The zero-order valence-electron chi connectivity index (χ0n) is 16.3. The molecule has 10 heteroatoms. The highest BCUT2D eigenvalue weighted by Crippen LogP contribution is 2.38. The summed E-state index contributed by atoms with van der Waals surface area (Å²) in [6, 6.07) is 3.45. The Morgan fingerprint density at radius 1 is 1.17 bits per heavy atom. The van der Waals surface area contributed by atoms with Gasteiger partial charge in [-0.25, -0.2) is 19.7 Å². The molecule has 0 aliphatic carbocycles. The highest BCUT2D eigenvalue weighted by molar-refractivity contribution is 7.10. The van der Waals surface area contributed by atoms with Gasteiger partial charge in [-0.05, 0) is 19.9 Å². The maximum Gasteiger partial charge on any atom is 0.360 e. The number of nitrogens with zero attached hydrogens (tertiary/aromatic N) is 3. The first kappa shape index (κ1) is 19.5. The molecular weight excluding hydrogens is 398 g/mol. The number of ether oxygens (including phenoxy) is 4. The molecule has 29 heavy (non-hydrogen) atoms. The molecule has 1 saturated heterocycles. The summed E-state index contributed by atoms with van der Waals surface area (Å²) >= 11 is 1.41. The molecule has 152 valence electrons. The number of aromatic nitrogens is 3. The Hall–Kier alpha value is -2.82. The van der Waals surface area contributed by atoms with Crippen LogP contribution >= 0.6 is 11.3 Å². The minimum Gasteiger partial charge on any atom is -0.481 e. The smallest absolute Gasteiger partial charge is 0.360 e. The van der Waals surface area contributed by atoms with Crippen LogP contribution in [0.5, 0.6) is 5.88 Å². The Kier molecular flexibility index (Phi) is 5.07. The molecule has 3 aromatic rings. The fourth-order valence-electron chi connectivity index (χ4n) is 2.95. The van der Waals surface area contributed by atoms with Crippen molar-refractivity contribution in [3.8, 4) is 28.7 Å². The van der Waals surface area contributed by atoms with E-state index in [4.69, 9.17) is 23.4 Å². The van der Waals surface area contributed by atoms with Gasteiger partial charge in [-0.2, -0.15) is 0 Å². The topological polar surface area (TPSA) is 106 Å². The van der Waals surface area contributed by atoms with Crippen molar-refractivity contribution < 1.29 is 28.2 Å². The van der Waals surface area contributed by atoms with Crippen molar-refractivity contribution in [2.45, 2.75) is 19.6 Å². The van der Waals surface area contributed by atoms with E-state index in [2.05, 4.69) is 15.0 Å². The number of thiazole rings is 1. The number of methoxy groups -OCH3 is 2. The monoisotopic (exact) mass is 417 g/mol. The van der Waals surface area contributed by atoms with Gasteiger partial charge in [0.05, 0.1) is 33.0 Å². The molecule has 1 aliphatic rings. The number of carbonyl (C=O) groups is 1. The first-order valence-electron chi connectivity index (χ1n) is 8.80. The van der Waals surface area contributed by atoms with Crippen LogP contribution < -0.4 is 4.74 Å². The lowest BCUT2D eigenvalue weighted by Gasteiger charge is -2.18. The number of aryl methyl sites for hydroxylation is 1. The van der Waals surface area contributed by atoms with E-state index in [1.54, 1.807) is 19.1 Å². The van der Waals surface area contributed by atoms with Gasteiger partial charge in [0.25, 0.3) is 0 Å². The van der Waals surface area contributed by atoms with Crippen molar-refractivity contribution in [3.63, 3.8) is 0 Å². The summed E-state index contributed by atoms with van der Waals surface area (Å²) in [4.78, 5) is 25.4. The van der Waals surface area contributed by atoms with E-state index >= 15 is 0 Å². The van der Waals surface area contributed by atoms with Gasteiger partial charge in [-0.1, -0.05) is 0 Å². The van der Waals surface area contributed by atoms with Gasteiger partial charge in [0.2, 0.25) is 17.6 Å². The summed E-state index contributed by atoms with van der Waals surface area (Å²) in [5.74, 6) is -0.441. The molecule has 1 fully saturated rings. The second kappa shape index (κ2) is 7.54. The molecule has 0 bridgehead atoms. The third kappa shape index (κ3) is 3.50. The third-order valence-electron chi connectivity index (χ3n) is 4.46. The molecule has 0 spiro atoms. The average Bonchev–Trinajstić information content (AvgIpc) is 3.47. The Balaban J connectivity index is 1.80. The molecule has 4 rings (SSSR count). The largest absolute Gasteiger partial charge is 0.481 e. The molecule has 4 heterocycles. The van der Waals surface area contributed by atoms with Crippen LogP contribution in [0.4, 0.5) is 0 Å². The Bertz CT molecular complexity index is 1050. The number of oxazole rings is 1. The molecule has 0 aromatic carbocycles. The van der Waals surface area contributed by atoms with Crippen molar-refractivity contribution in [1.29, 1.82) is 0 Å². The van der Waals surface area contributed by atoms with E-state index in [0.29, 0.717) is 46.8 Å². The van der Waals surface area contributed by atoms with Crippen LogP contribution in [0, 0.1) is 6.92 Å². The van der Waals surface area contributed by atoms with Gasteiger partial charge in [0, 0.05) is 11.4 Å². The van der Waals surface area contributed by atoms with Crippen LogP contribution in [0.25, 0.3) is 22.8 Å². The van der Waals surface area contributed by atoms with Gasteiger partial charge in [0.15, 0.2) is 10.7 Å². The number of rotatable bonds is 5. The van der Waals surface area contributed by atoms with E-state index < -0.39 is 11.8 Å². The van der Waals surface area contributed by atoms with Gasteiger partial charge in [0.1, 0.15) is 17.1 Å². The van der Waals surface area contributed by atoms with E-state index in [-0.39, 0.29) is 11.6 Å². The lowest BCUT2D eigenvalue weighted by Crippen LogP contribution is -2.22. The van der Waals surface area contributed by atoms with Crippen molar-refractivity contribution in [3.05, 3.63) is 34.0 Å². The minimum atomic E-state index is -0.875. The predicted molar refractivity (Wildman–Crippen MR) is 103 cm³/mol. The molecule has 0 saturated carbocycles. The van der Waals surface area contributed by atoms with E-state index in [0.717, 1.165) is 0 Å². The zero-order valence-corrected chi connectivity index (χ0v) is 17.2. The molecule has 0 radical (unpaired) electrons. The number of hydrogen-bond acceptors (Lipinski definition) is 10. The summed E-state index contributed by atoms with van der Waals surface area (Å²) < 4.78 is 27.1. The van der Waals surface area contributed by atoms with Gasteiger partial charge >= 0.3 is 5.97 Å². The number of carbonyl (C=O) groups excluding carboxylic acids is 1. The van der Waals surface area contributed by atoms with Crippen LogP contribution in [0.1, 0.15) is 28.2 Å². The highest BCUT2D eigenvalue weighted by Gasteiger charge is 2.36. The van der Waals surface area contributed by atoms with Crippen molar-refractivity contribution in [1.82, 2.24) is 15.0 Å². The van der Waals surface area contributed by atoms with Crippen LogP contribution in [-0.4, -0.2) is 48.4 Å². The first-order chi connectivity index (χ1) is 13.9. The quantitative estimate of drug-likeness (QED) is 0.579. The Morgan fingerprint density at radius 3 is 2.62 bits per heavy atom. The van der Waals surface area contributed by atoms with E-state index in [1.807, 2.05) is 12.3 Å². The molecule has 1 aliphatic heterocycles. The van der Waals surface area contributed by atoms with E-state index in [1.165, 1.54) is 25.6 Å². The predicted octanol–water partition coefficient (Wildman–Crippen LogP) is 3.18. The normalized spacial score (nSPS) is 15.4. The second-order valence-electron chi connectivity index (χ2n) is 6.35. The molecular formula is C19H19N3O6S. The van der Waals surface area contributed by atoms with Crippen LogP contribution in [0.3, 0.4) is 0 Å². The number of pyridine rings is 1. The van der Waals surface area contributed by atoms with Gasteiger partial charge in [-0.15, -0.1) is 11.3 Å². The number of esters is 1. The average molecular weight is 417 g/mol. The highest BCUT2D eigenvalue weighted by atomic mass is 32.1. The summed E-state index contributed by atoms with van der Waals surface area (Å²) in [6.45, 7) is 4.51. The molecule has 0 amide bonds. The second-order valence-corrected chi connectivity index (χ2v) is 7.20. The minimum absolute atomic E-state index is 0.114. The first-order valence-corrected chi connectivity index (χ1v) is 9.68. The molecule has 3 aromatic heterocycles. The summed E-state index contributed by atoms with van der Waals surface area (Å²) in [5, 5.41) is 2.54. The fourth-order valence-corrected chi connectivity index (χ4v) is 3.82. The lowest BCUT2D eigenvalue weighted by atomic mass is 10.1. The van der Waals surface area contributed by atoms with Crippen LogP contribution in [0.2, 0.25) is 0 Å². The Morgan fingerprint density at radius 2 is 1.93 bits per heavy atom. The fraction of sp³-hybridized carbons (Fsp3) is 0.368. The van der Waals surface area contributed by atoms with Crippen molar-refractivity contribution in [2.24, 2.45) is 0 Å². The lowest BCUT2D eigenvalue weighted by molar-refractivity contribution is -0.149. The molecule has 0 atom stereocenters. The maximum atomic E-state index is 11.9. The summed E-state index contributed by atoms with van der Waals surface area (Å²) in [5.41, 5.74) is 1.78. The van der Waals surface area contributed by atoms with Crippen LogP contribution in [-0.2, 0) is 20.0 Å². The summed E-state index contributed by atoms with van der Waals surface area (Å²) in [7, 11) is 2.82. The molecule has 0 N–H and O–H groups in total. The molecule has 0 unspecified atom stereocenters. The van der Waals surface area contributed by atoms with Crippen molar-refractivity contribution in [2.75, 3.05) is 27.4 Å². The summed E-state index contributed by atoms with van der Waals surface area (Å²) in [6.07, 6.45) is 0. The van der Waals surface area contributed by atoms with E-state index in [9.17, 15) is 4.79 Å². The molecule has 9 nitrogen and oxygen atoms in total. The maximum absolute atomic E-state index is 11.9. The number of hydrogen-bond donors (Lipinski definition) is 0. The Labute approximate surface area is 170 Å².